The maximum absolute atomic E-state index is 11.4. The molecule has 3 rings (SSSR count). The van der Waals surface area contributed by atoms with Gasteiger partial charge in [0.1, 0.15) is 5.58 Å². The van der Waals surface area contributed by atoms with E-state index in [0.717, 1.165) is 10.9 Å². The van der Waals surface area contributed by atoms with Crippen LogP contribution in [0.1, 0.15) is 16.1 Å². The number of nitrogens with zero attached hydrogens (tertiary/aromatic N) is 1. The Bertz CT molecular complexity index is 912. The Morgan fingerprint density at radius 2 is 1.95 bits per heavy atom. The lowest BCUT2D eigenvalue weighted by molar-refractivity contribution is -0.384. The molecule has 0 aliphatic rings. The average molecular weight is 296 g/mol. The highest BCUT2D eigenvalue weighted by Gasteiger charge is 2.18. The molecule has 0 saturated carbocycles. The number of aryl methyl sites for hydroxylation is 1. The predicted octanol–water partition coefficient (Wildman–Crippen LogP) is 3.42. The van der Waals surface area contributed by atoms with Gasteiger partial charge in [0, 0.05) is 23.1 Å². The molecule has 110 valence electrons. The zero-order chi connectivity index (χ0) is 15.9. The van der Waals surface area contributed by atoms with E-state index in [9.17, 15) is 14.9 Å². The number of nitro groups is 1. The molecule has 0 radical (unpaired) electrons. The van der Waals surface area contributed by atoms with Crippen molar-refractivity contribution in [3.05, 3.63) is 63.9 Å². The van der Waals surface area contributed by atoms with Crippen molar-refractivity contribution in [3.8, 4) is 11.1 Å². The lowest BCUT2D eigenvalue weighted by Crippen LogP contribution is -2.10. The molecule has 0 fully saturated rings. The largest absolute Gasteiger partial charge is 0.451 e. The second kappa shape index (κ2) is 5.00. The van der Waals surface area contributed by atoms with E-state index in [1.54, 1.807) is 31.2 Å². The topological polar surface area (TPSA) is 99.4 Å². The molecule has 3 aromatic rings. The number of non-ortho nitro benzene ring substituents is 1. The van der Waals surface area contributed by atoms with Gasteiger partial charge in [0.2, 0.25) is 0 Å². The number of nitro benzene ring substituents is 1. The van der Waals surface area contributed by atoms with Crippen LogP contribution in [-0.2, 0) is 0 Å². The second-order valence-corrected chi connectivity index (χ2v) is 4.91. The number of carbonyl (C=O) groups excluding carboxylic acids is 1. The number of furan rings is 1. The number of benzene rings is 2. The molecule has 2 aromatic carbocycles. The fourth-order valence-electron chi connectivity index (χ4n) is 2.57. The van der Waals surface area contributed by atoms with Crippen molar-refractivity contribution in [2.24, 2.45) is 5.73 Å². The summed E-state index contributed by atoms with van der Waals surface area (Å²) in [4.78, 5) is 21.9. The van der Waals surface area contributed by atoms with Crippen LogP contribution in [0.15, 0.2) is 46.9 Å². The first kappa shape index (κ1) is 13.8. The number of primary amides is 1. The number of carbonyl (C=O) groups is 1. The Hall–Kier alpha value is -3.15. The molecule has 22 heavy (non-hydrogen) atoms. The number of rotatable bonds is 3. The molecule has 0 aliphatic heterocycles. The number of hydrogen-bond acceptors (Lipinski definition) is 4. The van der Waals surface area contributed by atoms with Gasteiger partial charge in [-0.15, -0.1) is 0 Å². The maximum atomic E-state index is 11.4. The first-order valence-electron chi connectivity index (χ1n) is 6.56. The SMILES string of the molecule is Cc1c(C(N)=O)oc2cccc(-c3cccc([N+](=O)[O-])c3)c12. The third kappa shape index (κ3) is 2.10. The van der Waals surface area contributed by atoms with Crippen molar-refractivity contribution < 1.29 is 14.1 Å². The van der Waals surface area contributed by atoms with E-state index in [0.29, 0.717) is 16.7 Å². The van der Waals surface area contributed by atoms with Crippen molar-refractivity contribution in [1.29, 1.82) is 0 Å². The van der Waals surface area contributed by atoms with Gasteiger partial charge in [0.15, 0.2) is 5.76 Å². The quantitative estimate of drug-likeness (QED) is 0.591. The summed E-state index contributed by atoms with van der Waals surface area (Å²) in [6.07, 6.45) is 0. The molecular weight excluding hydrogens is 284 g/mol. The standard InChI is InChI=1S/C16H12N2O4/c1-9-14-12(10-4-2-5-11(8-10)18(20)21)6-3-7-13(14)22-15(9)16(17)19/h2-8H,1H3,(H2,17,19). The van der Waals surface area contributed by atoms with Crippen molar-refractivity contribution in [1.82, 2.24) is 0 Å². The summed E-state index contributed by atoms with van der Waals surface area (Å²) in [5.74, 6) is -0.536. The number of fused-ring (bicyclic) bond motifs is 1. The van der Waals surface area contributed by atoms with Crippen LogP contribution in [0.25, 0.3) is 22.1 Å². The van der Waals surface area contributed by atoms with Crippen LogP contribution in [0.3, 0.4) is 0 Å². The summed E-state index contributed by atoms with van der Waals surface area (Å²) < 4.78 is 5.49. The minimum Gasteiger partial charge on any atom is -0.451 e. The Balaban J connectivity index is 2.29. The van der Waals surface area contributed by atoms with Crippen LogP contribution < -0.4 is 5.73 Å². The molecule has 1 amide bonds. The number of amides is 1. The Morgan fingerprint density at radius 3 is 2.64 bits per heavy atom. The summed E-state index contributed by atoms with van der Waals surface area (Å²) in [5, 5.41) is 11.7. The van der Waals surface area contributed by atoms with Crippen molar-refractivity contribution in [2.75, 3.05) is 0 Å². The summed E-state index contributed by atoms with van der Waals surface area (Å²) >= 11 is 0. The van der Waals surface area contributed by atoms with E-state index in [2.05, 4.69) is 0 Å². The lowest BCUT2D eigenvalue weighted by Gasteiger charge is -2.04. The monoisotopic (exact) mass is 296 g/mol. The minimum absolute atomic E-state index is 0.00535. The van der Waals surface area contributed by atoms with E-state index in [-0.39, 0.29) is 11.4 Å². The molecular formula is C16H12N2O4. The highest BCUT2D eigenvalue weighted by molar-refractivity contribution is 6.03. The van der Waals surface area contributed by atoms with E-state index in [1.807, 2.05) is 6.07 Å². The second-order valence-electron chi connectivity index (χ2n) is 4.91. The minimum atomic E-state index is -0.640. The first-order valence-corrected chi connectivity index (χ1v) is 6.56. The Labute approximate surface area is 125 Å². The van der Waals surface area contributed by atoms with E-state index in [1.165, 1.54) is 12.1 Å². The van der Waals surface area contributed by atoms with Gasteiger partial charge in [0.25, 0.3) is 11.6 Å². The first-order chi connectivity index (χ1) is 10.5. The predicted molar refractivity (Wildman–Crippen MR) is 81.6 cm³/mol. The molecule has 6 nitrogen and oxygen atoms in total. The van der Waals surface area contributed by atoms with Crippen LogP contribution in [0, 0.1) is 17.0 Å². The highest BCUT2D eigenvalue weighted by atomic mass is 16.6. The van der Waals surface area contributed by atoms with Gasteiger partial charge in [-0.3, -0.25) is 14.9 Å². The van der Waals surface area contributed by atoms with Crippen LogP contribution in [-0.4, -0.2) is 10.8 Å². The van der Waals surface area contributed by atoms with E-state index in [4.69, 9.17) is 10.2 Å². The van der Waals surface area contributed by atoms with Gasteiger partial charge in [0.05, 0.1) is 4.92 Å². The van der Waals surface area contributed by atoms with Gasteiger partial charge in [-0.05, 0) is 24.1 Å². The molecule has 2 N–H and O–H groups in total. The number of hydrogen-bond donors (Lipinski definition) is 1. The molecule has 0 aliphatic carbocycles. The number of nitrogens with two attached hydrogens (primary N) is 1. The molecule has 0 bridgehead atoms. The van der Waals surface area contributed by atoms with Gasteiger partial charge >= 0.3 is 0 Å². The molecule has 0 atom stereocenters. The third-order valence-electron chi connectivity index (χ3n) is 3.55. The average Bonchev–Trinajstić information content (AvgIpc) is 2.85. The zero-order valence-corrected chi connectivity index (χ0v) is 11.7. The molecule has 1 heterocycles. The summed E-state index contributed by atoms with van der Waals surface area (Å²) in [6.45, 7) is 1.74. The van der Waals surface area contributed by atoms with Crippen LogP contribution >= 0.6 is 0 Å². The molecule has 0 saturated heterocycles. The zero-order valence-electron chi connectivity index (χ0n) is 11.7. The van der Waals surface area contributed by atoms with Gasteiger partial charge in [-0.2, -0.15) is 0 Å². The van der Waals surface area contributed by atoms with Gasteiger partial charge in [-0.1, -0.05) is 24.3 Å². The Morgan fingerprint density at radius 1 is 1.23 bits per heavy atom. The summed E-state index contributed by atoms with van der Waals surface area (Å²) in [7, 11) is 0. The van der Waals surface area contributed by atoms with Gasteiger partial charge in [-0.25, -0.2) is 0 Å². The molecule has 0 spiro atoms. The van der Waals surface area contributed by atoms with Crippen molar-refractivity contribution in [2.45, 2.75) is 6.92 Å². The summed E-state index contributed by atoms with van der Waals surface area (Å²) in [6, 6.07) is 11.6. The third-order valence-corrected chi connectivity index (χ3v) is 3.55. The van der Waals surface area contributed by atoms with Crippen LogP contribution in [0.2, 0.25) is 0 Å². The van der Waals surface area contributed by atoms with Crippen LogP contribution in [0.5, 0.6) is 0 Å². The lowest BCUT2D eigenvalue weighted by atomic mass is 9.98. The Kier molecular flexibility index (Phi) is 3.14. The van der Waals surface area contributed by atoms with E-state index >= 15 is 0 Å². The fourth-order valence-corrected chi connectivity index (χ4v) is 2.57. The molecule has 6 heteroatoms. The van der Waals surface area contributed by atoms with Gasteiger partial charge < -0.3 is 10.2 Å². The molecule has 1 aromatic heterocycles. The maximum Gasteiger partial charge on any atom is 0.284 e. The fraction of sp³-hybridized carbons (Fsp3) is 0.0625. The van der Waals surface area contributed by atoms with E-state index < -0.39 is 10.8 Å². The smallest absolute Gasteiger partial charge is 0.284 e. The van der Waals surface area contributed by atoms with Crippen molar-refractivity contribution >= 4 is 22.6 Å². The van der Waals surface area contributed by atoms with Crippen molar-refractivity contribution in [3.63, 3.8) is 0 Å². The summed E-state index contributed by atoms with van der Waals surface area (Å²) in [5.41, 5.74) is 7.91. The van der Waals surface area contributed by atoms with Crippen LogP contribution in [0.4, 0.5) is 5.69 Å². The normalized spacial score (nSPS) is 10.8. The molecule has 0 unspecified atom stereocenters. The highest BCUT2D eigenvalue weighted by Crippen LogP contribution is 2.35.